The topological polar surface area (TPSA) is 107 Å². The number of non-ortho nitro benzene ring substituents is 1. The molecule has 1 saturated carbocycles. The van der Waals surface area contributed by atoms with Gasteiger partial charge >= 0.3 is 0 Å². The normalized spacial score (nSPS) is 14.7. The van der Waals surface area contributed by atoms with Crippen LogP contribution in [0.2, 0.25) is 0 Å². The second-order valence-corrected chi connectivity index (χ2v) is 4.79. The molecule has 1 atom stereocenters. The van der Waals surface area contributed by atoms with Gasteiger partial charge in [0.05, 0.1) is 4.92 Å². The molecular weight excluding hydrogens is 298 g/mol. The van der Waals surface area contributed by atoms with Crippen molar-refractivity contribution in [2.24, 2.45) is 11.7 Å². The summed E-state index contributed by atoms with van der Waals surface area (Å²) in [7, 11) is 0. The van der Waals surface area contributed by atoms with Crippen LogP contribution in [0.25, 0.3) is 0 Å². The van der Waals surface area contributed by atoms with Gasteiger partial charge in [-0.25, -0.2) is 0 Å². The smallest absolute Gasteiger partial charge is 0.269 e. The highest BCUT2D eigenvalue weighted by molar-refractivity contribution is 5.85. The van der Waals surface area contributed by atoms with Gasteiger partial charge in [0.1, 0.15) is 5.75 Å². The Morgan fingerprint density at radius 3 is 2.52 bits per heavy atom. The Kier molecular flexibility index (Phi) is 6.39. The lowest BCUT2D eigenvalue weighted by Gasteiger charge is -2.16. The number of ether oxygens (including phenoxy) is 1. The van der Waals surface area contributed by atoms with Gasteiger partial charge in [-0.05, 0) is 30.9 Å². The van der Waals surface area contributed by atoms with Gasteiger partial charge in [-0.3, -0.25) is 14.9 Å². The Hall–Kier alpha value is -1.86. The van der Waals surface area contributed by atoms with Crippen molar-refractivity contribution in [3.63, 3.8) is 0 Å². The predicted molar refractivity (Wildman–Crippen MR) is 79.5 cm³/mol. The summed E-state index contributed by atoms with van der Waals surface area (Å²) in [6.45, 7) is 0.301. The number of nitrogens with two attached hydrogens (primary N) is 1. The fourth-order valence-corrected chi connectivity index (χ4v) is 1.93. The number of nitro benzene ring substituents is 1. The highest BCUT2D eigenvalue weighted by Crippen LogP contribution is 2.32. The maximum absolute atomic E-state index is 11.7. The van der Waals surface area contributed by atoms with E-state index < -0.39 is 4.92 Å². The molecule has 8 heteroatoms. The van der Waals surface area contributed by atoms with Gasteiger partial charge < -0.3 is 15.8 Å². The lowest BCUT2D eigenvalue weighted by atomic mass is 10.2. The van der Waals surface area contributed by atoms with Gasteiger partial charge in [-0.15, -0.1) is 12.4 Å². The fourth-order valence-electron chi connectivity index (χ4n) is 1.93. The molecule has 0 aliphatic heterocycles. The standard InChI is InChI=1S/C13H17N3O4.ClH/c14-7-12(9-1-2-9)15-13(17)8-20-11-5-3-10(4-6-11)16(18)19;/h3-6,9,12H,1-2,7-8,14H2,(H,15,17);1H. The van der Waals surface area contributed by atoms with Gasteiger partial charge in [0, 0.05) is 24.7 Å². The third-order valence-corrected chi connectivity index (χ3v) is 3.21. The molecule has 0 spiro atoms. The SMILES string of the molecule is Cl.NCC(NC(=O)COc1ccc([N+](=O)[O-])cc1)C1CC1. The van der Waals surface area contributed by atoms with Crippen molar-refractivity contribution in [2.75, 3.05) is 13.2 Å². The molecule has 1 amide bonds. The summed E-state index contributed by atoms with van der Waals surface area (Å²) >= 11 is 0. The third-order valence-electron chi connectivity index (χ3n) is 3.21. The molecule has 1 unspecified atom stereocenters. The lowest BCUT2D eigenvalue weighted by Crippen LogP contribution is -2.43. The van der Waals surface area contributed by atoms with E-state index in [-0.39, 0.29) is 36.7 Å². The number of carbonyl (C=O) groups is 1. The maximum Gasteiger partial charge on any atom is 0.269 e. The number of hydrogen-bond acceptors (Lipinski definition) is 5. The van der Waals surface area contributed by atoms with E-state index in [0.29, 0.717) is 18.2 Å². The van der Waals surface area contributed by atoms with Crippen molar-refractivity contribution in [3.05, 3.63) is 34.4 Å². The molecule has 0 saturated heterocycles. The zero-order valence-corrected chi connectivity index (χ0v) is 12.2. The number of benzene rings is 1. The first-order chi connectivity index (χ1) is 9.60. The Balaban J connectivity index is 0.00000220. The second kappa shape index (κ2) is 7.80. The van der Waals surface area contributed by atoms with Crippen LogP contribution in [0.5, 0.6) is 5.75 Å². The van der Waals surface area contributed by atoms with Crippen molar-refractivity contribution in [1.82, 2.24) is 5.32 Å². The molecule has 1 aromatic rings. The van der Waals surface area contributed by atoms with Crippen LogP contribution in [0.1, 0.15) is 12.8 Å². The zero-order valence-electron chi connectivity index (χ0n) is 11.4. The molecule has 1 fully saturated rings. The molecule has 1 aromatic carbocycles. The summed E-state index contributed by atoms with van der Waals surface area (Å²) in [5.41, 5.74) is 5.58. The van der Waals surface area contributed by atoms with Gasteiger partial charge in [-0.1, -0.05) is 0 Å². The van der Waals surface area contributed by atoms with E-state index >= 15 is 0 Å². The number of halogens is 1. The van der Waals surface area contributed by atoms with Crippen molar-refractivity contribution >= 4 is 24.0 Å². The molecule has 0 aromatic heterocycles. The van der Waals surface area contributed by atoms with Gasteiger partial charge in [0.2, 0.25) is 0 Å². The number of rotatable bonds is 7. The Labute approximate surface area is 128 Å². The summed E-state index contributed by atoms with van der Waals surface area (Å²) < 4.78 is 5.27. The van der Waals surface area contributed by atoms with Crippen LogP contribution >= 0.6 is 12.4 Å². The second-order valence-electron chi connectivity index (χ2n) is 4.79. The van der Waals surface area contributed by atoms with E-state index in [2.05, 4.69) is 5.32 Å². The van der Waals surface area contributed by atoms with E-state index in [1.807, 2.05) is 0 Å². The Morgan fingerprint density at radius 1 is 1.43 bits per heavy atom. The van der Waals surface area contributed by atoms with Crippen LogP contribution < -0.4 is 15.8 Å². The molecule has 0 radical (unpaired) electrons. The average Bonchev–Trinajstić information content (AvgIpc) is 3.27. The van der Waals surface area contributed by atoms with Crippen LogP contribution in [0.15, 0.2) is 24.3 Å². The molecule has 0 heterocycles. The molecule has 7 nitrogen and oxygen atoms in total. The largest absolute Gasteiger partial charge is 0.484 e. The van der Waals surface area contributed by atoms with Crippen LogP contribution in [-0.2, 0) is 4.79 Å². The summed E-state index contributed by atoms with van der Waals surface area (Å²) in [6.07, 6.45) is 2.21. The molecular formula is C13H18ClN3O4. The van der Waals surface area contributed by atoms with Crippen LogP contribution in [0, 0.1) is 16.0 Å². The summed E-state index contributed by atoms with van der Waals surface area (Å²) in [5, 5.41) is 13.3. The van der Waals surface area contributed by atoms with E-state index in [1.54, 1.807) is 0 Å². The molecule has 2 rings (SSSR count). The number of nitro groups is 1. The highest BCUT2D eigenvalue weighted by atomic mass is 35.5. The zero-order chi connectivity index (χ0) is 14.5. The number of carbonyl (C=O) groups excluding carboxylic acids is 1. The number of hydrogen-bond donors (Lipinski definition) is 2. The van der Waals surface area contributed by atoms with Crippen LogP contribution in [-0.4, -0.2) is 30.0 Å². The van der Waals surface area contributed by atoms with E-state index in [1.165, 1.54) is 24.3 Å². The van der Waals surface area contributed by atoms with E-state index in [0.717, 1.165) is 12.8 Å². The molecule has 1 aliphatic rings. The average molecular weight is 316 g/mol. The maximum atomic E-state index is 11.7. The minimum atomic E-state index is -0.488. The molecule has 0 bridgehead atoms. The Bertz CT molecular complexity index is 491. The van der Waals surface area contributed by atoms with Crippen molar-refractivity contribution < 1.29 is 14.5 Å². The number of nitrogens with one attached hydrogen (secondary N) is 1. The first-order valence-electron chi connectivity index (χ1n) is 6.47. The predicted octanol–water partition coefficient (Wildman–Crippen LogP) is 1.25. The highest BCUT2D eigenvalue weighted by Gasteiger charge is 2.31. The van der Waals surface area contributed by atoms with Crippen LogP contribution in [0.3, 0.4) is 0 Å². The van der Waals surface area contributed by atoms with Gasteiger partial charge in [0.15, 0.2) is 6.61 Å². The minimum Gasteiger partial charge on any atom is -0.484 e. The number of amides is 1. The molecule has 21 heavy (non-hydrogen) atoms. The fraction of sp³-hybridized carbons (Fsp3) is 0.462. The van der Waals surface area contributed by atoms with E-state index in [9.17, 15) is 14.9 Å². The summed E-state index contributed by atoms with van der Waals surface area (Å²) in [4.78, 5) is 21.7. The number of nitrogens with zero attached hydrogens (tertiary/aromatic N) is 1. The quantitative estimate of drug-likeness (QED) is 0.581. The molecule has 116 valence electrons. The van der Waals surface area contributed by atoms with Gasteiger partial charge in [-0.2, -0.15) is 0 Å². The monoisotopic (exact) mass is 315 g/mol. The molecule has 3 N–H and O–H groups in total. The Morgan fingerprint density at radius 2 is 2.05 bits per heavy atom. The summed E-state index contributed by atoms with van der Waals surface area (Å²) in [5.74, 6) is 0.676. The molecule has 1 aliphatic carbocycles. The van der Waals surface area contributed by atoms with Crippen molar-refractivity contribution in [1.29, 1.82) is 0 Å². The summed E-state index contributed by atoms with van der Waals surface area (Å²) in [6, 6.07) is 5.61. The first kappa shape index (κ1) is 17.2. The minimum absolute atomic E-state index is 0. The van der Waals surface area contributed by atoms with Gasteiger partial charge in [0.25, 0.3) is 11.6 Å². The van der Waals surface area contributed by atoms with E-state index in [4.69, 9.17) is 10.5 Å². The van der Waals surface area contributed by atoms with Crippen molar-refractivity contribution in [3.8, 4) is 5.75 Å². The third kappa shape index (κ3) is 5.20. The first-order valence-corrected chi connectivity index (χ1v) is 6.47. The van der Waals surface area contributed by atoms with Crippen LogP contribution in [0.4, 0.5) is 5.69 Å². The lowest BCUT2D eigenvalue weighted by molar-refractivity contribution is -0.384. The van der Waals surface area contributed by atoms with Crippen molar-refractivity contribution in [2.45, 2.75) is 18.9 Å².